The minimum Gasteiger partial charge on any atom is -0.511 e. The molecule has 3 unspecified atom stereocenters. The first kappa shape index (κ1) is 18.8. The number of rotatable bonds is 5. The highest BCUT2D eigenvalue weighted by Gasteiger charge is 2.19. The van der Waals surface area contributed by atoms with Crippen LogP contribution < -0.4 is 0 Å². The van der Waals surface area contributed by atoms with E-state index in [0.29, 0.717) is 12.5 Å². The molecule has 0 bridgehead atoms. The van der Waals surface area contributed by atoms with Crippen molar-refractivity contribution in [3.63, 3.8) is 0 Å². The van der Waals surface area contributed by atoms with Crippen molar-refractivity contribution >= 4 is 12.4 Å². The van der Waals surface area contributed by atoms with Crippen LogP contribution in [0.4, 0.5) is 0 Å². The smallest absolute Gasteiger partial charge is 0.128 e. The Bertz CT molecular complexity index is 326. The lowest BCUT2D eigenvalue weighted by Crippen LogP contribution is -2.21. The van der Waals surface area contributed by atoms with Crippen LogP contribution in [-0.4, -0.2) is 41.3 Å². The summed E-state index contributed by atoms with van der Waals surface area (Å²) in [5, 5.41) is 17.8. The summed E-state index contributed by atoms with van der Waals surface area (Å²) in [6, 6.07) is -0.366. The zero-order valence-electron chi connectivity index (χ0n) is 13.3. The molecule has 1 aliphatic rings. The van der Waals surface area contributed by atoms with Crippen molar-refractivity contribution in [1.82, 2.24) is 0 Å². The molecule has 4 nitrogen and oxygen atoms in total. The predicted octanol–water partition coefficient (Wildman–Crippen LogP) is 3.41. The summed E-state index contributed by atoms with van der Waals surface area (Å²) < 4.78 is 0. The van der Waals surface area contributed by atoms with E-state index in [9.17, 15) is 0 Å². The Kier molecular flexibility index (Phi) is 9.99. The lowest BCUT2D eigenvalue weighted by atomic mass is 10.1. The maximum Gasteiger partial charge on any atom is 0.128 e. The summed E-state index contributed by atoms with van der Waals surface area (Å²) >= 11 is 0. The second-order valence-corrected chi connectivity index (χ2v) is 5.46. The third kappa shape index (κ3) is 7.43. The molecular weight excluding hydrogens is 252 g/mol. The lowest BCUT2D eigenvalue weighted by Gasteiger charge is -2.14. The number of hydrogen-bond donors (Lipinski definition) is 2. The summed E-state index contributed by atoms with van der Waals surface area (Å²) in [5.74, 6) is 1.56. The molecule has 0 aromatic carbocycles. The Morgan fingerprint density at radius 2 is 1.90 bits per heavy atom. The summed E-state index contributed by atoms with van der Waals surface area (Å²) in [7, 11) is 0. The van der Waals surface area contributed by atoms with Crippen LogP contribution in [0.5, 0.6) is 0 Å². The zero-order chi connectivity index (χ0) is 15.5. The predicted molar refractivity (Wildman–Crippen MR) is 86.9 cm³/mol. The van der Waals surface area contributed by atoms with Crippen molar-refractivity contribution in [2.45, 2.75) is 59.0 Å². The number of aliphatic imine (C=N–C) groups is 2. The van der Waals surface area contributed by atoms with Gasteiger partial charge in [-0.15, -0.1) is 0 Å². The van der Waals surface area contributed by atoms with E-state index in [1.165, 1.54) is 19.3 Å². The largest absolute Gasteiger partial charge is 0.511 e. The molecule has 4 atom stereocenters. The van der Waals surface area contributed by atoms with Crippen molar-refractivity contribution in [3.8, 4) is 0 Å². The van der Waals surface area contributed by atoms with Crippen LogP contribution in [0, 0.1) is 11.8 Å². The van der Waals surface area contributed by atoms with Gasteiger partial charge in [0.05, 0.1) is 6.04 Å². The van der Waals surface area contributed by atoms with Crippen LogP contribution in [0.3, 0.4) is 0 Å². The monoisotopic (exact) mass is 282 g/mol. The fourth-order valence-corrected chi connectivity index (χ4v) is 2.46. The van der Waals surface area contributed by atoms with Crippen molar-refractivity contribution < 1.29 is 10.2 Å². The molecule has 116 valence electrons. The fourth-order valence-electron chi connectivity index (χ4n) is 2.46. The van der Waals surface area contributed by atoms with Crippen molar-refractivity contribution in [2.75, 3.05) is 6.61 Å². The topological polar surface area (TPSA) is 65.2 Å². The molecule has 1 rings (SSSR count). The summed E-state index contributed by atoms with van der Waals surface area (Å²) in [6.07, 6.45) is 7.17. The summed E-state index contributed by atoms with van der Waals surface area (Å²) in [6.45, 7) is 11.6. The molecule has 4 heteroatoms. The number of aliphatic hydroxyl groups excluding tert-OH is 2. The quantitative estimate of drug-likeness (QED) is 0.599. The van der Waals surface area contributed by atoms with Crippen LogP contribution in [0.15, 0.2) is 22.3 Å². The van der Waals surface area contributed by atoms with Gasteiger partial charge in [-0.05, 0) is 57.9 Å². The molecule has 0 aromatic heterocycles. The van der Waals surface area contributed by atoms with Crippen LogP contribution in [0.1, 0.15) is 47.0 Å². The Hall–Kier alpha value is -1.16. The van der Waals surface area contributed by atoms with Gasteiger partial charge in [0, 0.05) is 6.61 Å². The molecule has 2 N–H and O–H groups in total. The van der Waals surface area contributed by atoms with Gasteiger partial charge in [0.25, 0.3) is 0 Å². The Balaban J connectivity index is 0.000000388. The third-order valence-electron chi connectivity index (χ3n) is 3.55. The van der Waals surface area contributed by atoms with Gasteiger partial charge in [0.1, 0.15) is 11.8 Å². The highest BCUT2D eigenvalue weighted by molar-refractivity contribution is 5.55. The van der Waals surface area contributed by atoms with Gasteiger partial charge in [-0.1, -0.05) is 19.9 Å². The lowest BCUT2D eigenvalue weighted by molar-refractivity contribution is 0.227. The van der Waals surface area contributed by atoms with Crippen molar-refractivity contribution in [1.29, 1.82) is 0 Å². The Morgan fingerprint density at radius 3 is 2.20 bits per heavy atom. The standard InChI is InChI=1S/C9H16N2O.C7H14O/c1-5-10-7(3)9(8(4)12)11-6-2;1-6-2-3-7(4-6)5-8/h5-7,9,12H,4H2,1-3H3;6-8H,2-5H2,1H3/t;6-,7?/m.1/s1. The number of nitrogens with zero attached hydrogens (tertiary/aromatic N) is 2. The van der Waals surface area contributed by atoms with Gasteiger partial charge in [-0.25, -0.2) is 0 Å². The number of aliphatic hydroxyl groups is 2. The molecule has 1 aliphatic carbocycles. The van der Waals surface area contributed by atoms with E-state index in [0.717, 1.165) is 5.92 Å². The molecule has 0 saturated heterocycles. The first-order valence-corrected chi connectivity index (χ1v) is 7.40. The minimum atomic E-state index is -0.314. The van der Waals surface area contributed by atoms with Gasteiger partial charge in [-0.2, -0.15) is 0 Å². The second kappa shape index (κ2) is 10.6. The molecule has 0 heterocycles. The first-order valence-electron chi connectivity index (χ1n) is 7.40. The van der Waals surface area contributed by atoms with Crippen molar-refractivity contribution in [3.05, 3.63) is 12.3 Å². The fraction of sp³-hybridized carbons (Fsp3) is 0.750. The Labute approximate surface area is 123 Å². The average Bonchev–Trinajstić information content (AvgIpc) is 2.82. The second-order valence-electron chi connectivity index (χ2n) is 5.46. The van der Waals surface area contributed by atoms with Crippen LogP contribution in [0.2, 0.25) is 0 Å². The van der Waals surface area contributed by atoms with Gasteiger partial charge in [0.2, 0.25) is 0 Å². The van der Waals surface area contributed by atoms with Gasteiger partial charge >= 0.3 is 0 Å². The molecule has 0 radical (unpaired) electrons. The van der Waals surface area contributed by atoms with Crippen molar-refractivity contribution in [2.24, 2.45) is 21.8 Å². The summed E-state index contributed by atoms with van der Waals surface area (Å²) in [5.41, 5.74) is 0. The van der Waals surface area contributed by atoms with Gasteiger partial charge in [-0.3, -0.25) is 9.98 Å². The first-order chi connectivity index (χ1) is 9.46. The highest BCUT2D eigenvalue weighted by Crippen LogP contribution is 2.29. The van der Waals surface area contributed by atoms with E-state index in [1.54, 1.807) is 19.4 Å². The van der Waals surface area contributed by atoms with E-state index in [2.05, 4.69) is 23.5 Å². The van der Waals surface area contributed by atoms with Crippen LogP contribution >= 0.6 is 0 Å². The van der Waals surface area contributed by atoms with E-state index >= 15 is 0 Å². The molecule has 1 saturated carbocycles. The molecule has 1 fully saturated rings. The minimum absolute atomic E-state index is 0.0521. The van der Waals surface area contributed by atoms with E-state index in [-0.39, 0.29) is 17.8 Å². The average molecular weight is 282 g/mol. The molecule has 20 heavy (non-hydrogen) atoms. The maximum atomic E-state index is 9.16. The summed E-state index contributed by atoms with van der Waals surface area (Å²) in [4.78, 5) is 8.16. The van der Waals surface area contributed by atoms with E-state index < -0.39 is 0 Å². The maximum absolute atomic E-state index is 9.16. The molecule has 0 aromatic rings. The Morgan fingerprint density at radius 1 is 1.30 bits per heavy atom. The van der Waals surface area contributed by atoms with Gasteiger partial charge < -0.3 is 10.2 Å². The van der Waals surface area contributed by atoms with E-state index in [1.807, 2.05) is 13.8 Å². The van der Waals surface area contributed by atoms with Gasteiger partial charge in [0.15, 0.2) is 0 Å². The molecular formula is C16H30N2O2. The molecule has 0 amide bonds. The van der Waals surface area contributed by atoms with E-state index in [4.69, 9.17) is 10.2 Å². The number of hydrogen-bond acceptors (Lipinski definition) is 4. The zero-order valence-corrected chi connectivity index (χ0v) is 13.3. The molecule has 0 spiro atoms. The SMILES string of the molecule is C=C(O)C(N=CC)C(C)N=CC.C[C@@H]1CCC(CO)C1. The van der Waals surface area contributed by atoms with Crippen LogP contribution in [-0.2, 0) is 0 Å². The van der Waals surface area contributed by atoms with Crippen LogP contribution in [0.25, 0.3) is 0 Å². The normalized spacial score (nSPS) is 25.4. The molecule has 0 aliphatic heterocycles. The highest BCUT2D eigenvalue weighted by atomic mass is 16.3. The third-order valence-corrected chi connectivity index (χ3v) is 3.55.